The first kappa shape index (κ1) is 7.36. The molecule has 0 radical (unpaired) electrons. The first-order valence-electron chi connectivity index (χ1n) is 3.12. The summed E-state index contributed by atoms with van der Waals surface area (Å²) in [6, 6.07) is 9.11. The van der Waals surface area contributed by atoms with Crippen molar-refractivity contribution in [2.75, 3.05) is 0 Å². The van der Waals surface area contributed by atoms with Crippen LogP contribution in [-0.2, 0) is 0 Å². The van der Waals surface area contributed by atoms with E-state index in [2.05, 4.69) is 11.1 Å². The Hall–Kier alpha value is -1.75. The minimum Gasteiger partial charge on any atom is -0.410 e. The second-order valence-electron chi connectivity index (χ2n) is 1.96. The number of benzene rings is 1. The molecule has 0 bridgehead atoms. The summed E-state index contributed by atoms with van der Waals surface area (Å²) >= 11 is 0. The maximum atomic E-state index is 8.42. The molecule has 1 aromatic rings. The summed E-state index contributed by atoms with van der Waals surface area (Å²) in [5, 5.41) is 11.4. The van der Waals surface area contributed by atoms with Crippen LogP contribution in [0.3, 0.4) is 0 Å². The lowest BCUT2D eigenvalue weighted by atomic mass is 10.1. The summed E-state index contributed by atoms with van der Waals surface area (Å²) in [5.41, 5.74) is 1.00. The van der Waals surface area contributed by atoms with E-state index in [1.54, 1.807) is 12.1 Å². The van der Waals surface area contributed by atoms with E-state index in [1.807, 2.05) is 18.2 Å². The van der Waals surface area contributed by atoms with Crippen LogP contribution in [0.4, 0.5) is 0 Å². The van der Waals surface area contributed by atoms with Gasteiger partial charge in [-0.1, -0.05) is 35.5 Å². The Balaban J connectivity index is 3.05. The van der Waals surface area contributed by atoms with E-state index < -0.39 is 0 Å². The predicted octanol–water partition coefficient (Wildman–Crippen LogP) is 1.50. The van der Waals surface area contributed by atoms with E-state index in [0.29, 0.717) is 0 Å². The topological polar surface area (TPSA) is 32.6 Å². The monoisotopic (exact) mass is 145 g/mol. The van der Waals surface area contributed by atoms with Crippen LogP contribution >= 0.6 is 0 Å². The molecule has 11 heavy (non-hydrogen) atoms. The van der Waals surface area contributed by atoms with Gasteiger partial charge < -0.3 is 5.21 Å². The molecule has 0 unspecified atom stereocenters. The molecular formula is C9H7NO. The average Bonchev–Trinajstić information content (AvgIpc) is 2.09. The molecule has 0 aliphatic carbocycles. The normalized spacial score (nSPS) is 10.6. The van der Waals surface area contributed by atoms with Gasteiger partial charge in [0.1, 0.15) is 0 Å². The van der Waals surface area contributed by atoms with Crippen molar-refractivity contribution in [3.8, 4) is 12.3 Å². The van der Waals surface area contributed by atoms with Gasteiger partial charge in [0.05, 0.1) is 0 Å². The summed E-state index contributed by atoms with van der Waals surface area (Å²) in [6.45, 7) is 0. The minimum absolute atomic E-state index is 0.255. The van der Waals surface area contributed by atoms with Gasteiger partial charge in [-0.2, -0.15) is 0 Å². The van der Waals surface area contributed by atoms with Gasteiger partial charge in [-0.05, 0) is 5.92 Å². The molecule has 0 aliphatic rings. The lowest BCUT2D eigenvalue weighted by Crippen LogP contribution is -1.95. The molecular weight excluding hydrogens is 138 g/mol. The van der Waals surface area contributed by atoms with Gasteiger partial charge in [0.15, 0.2) is 5.71 Å². The van der Waals surface area contributed by atoms with E-state index in [4.69, 9.17) is 11.6 Å². The highest BCUT2D eigenvalue weighted by atomic mass is 16.4. The second-order valence-corrected chi connectivity index (χ2v) is 1.96. The summed E-state index contributed by atoms with van der Waals surface area (Å²) in [4.78, 5) is 0. The van der Waals surface area contributed by atoms with Crippen molar-refractivity contribution in [3.63, 3.8) is 0 Å². The maximum Gasteiger partial charge on any atom is 0.159 e. The standard InChI is InChI=1S/C9H7NO/c1-2-9(10-11)8-6-4-3-5-7-8/h1,3-7,11H. The number of hydrogen-bond acceptors (Lipinski definition) is 2. The molecule has 2 nitrogen and oxygen atoms in total. The van der Waals surface area contributed by atoms with Crippen LogP contribution in [0.1, 0.15) is 5.56 Å². The molecule has 0 heterocycles. The van der Waals surface area contributed by atoms with E-state index in [-0.39, 0.29) is 5.71 Å². The Morgan fingerprint density at radius 1 is 1.36 bits per heavy atom. The van der Waals surface area contributed by atoms with Crippen molar-refractivity contribution in [3.05, 3.63) is 35.9 Å². The van der Waals surface area contributed by atoms with E-state index in [0.717, 1.165) is 5.56 Å². The summed E-state index contributed by atoms with van der Waals surface area (Å²) in [7, 11) is 0. The molecule has 0 aromatic heterocycles. The van der Waals surface area contributed by atoms with Crippen LogP contribution in [0.2, 0.25) is 0 Å². The zero-order chi connectivity index (χ0) is 8.10. The van der Waals surface area contributed by atoms with Gasteiger partial charge in [-0.3, -0.25) is 0 Å². The molecule has 2 heteroatoms. The highest BCUT2D eigenvalue weighted by molar-refractivity contribution is 6.12. The first-order valence-corrected chi connectivity index (χ1v) is 3.12. The van der Waals surface area contributed by atoms with E-state index in [1.165, 1.54) is 0 Å². The summed E-state index contributed by atoms with van der Waals surface area (Å²) in [6.07, 6.45) is 5.07. The lowest BCUT2D eigenvalue weighted by molar-refractivity contribution is 0.320. The largest absolute Gasteiger partial charge is 0.410 e. The lowest BCUT2D eigenvalue weighted by Gasteiger charge is -1.93. The zero-order valence-corrected chi connectivity index (χ0v) is 5.86. The Morgan fingerprint density at radius 3 is 2.45 bits per heavy atom. The molecule has 1 rings (SSSR count). The van der Waals surface area contributed by atoms with Gasteiger partial charge in [-0.25, -0.2) is 0 Å². The smallest absolute Gasteiger partial charge is 0.159 e. The maximum absolute atomic E-state index is 8.42. The van der Waals surface area contributed by atoms with Gasteiger partial charge in [0, 0.05) is 5.56 Å². The van der Waals surface area contributed by atoms with E-state index in [9.17, 15) is 0 Å². The number of nitrogens with zero attached hydrogens (tertiary/aromatic N) is 1. The Bertz CT molecular complexity index is 295. The highest BCUT2D eigenvalue weighted by Gasteiger charge is 1.96. The van der Waals surface area contributed by atoms with Gasteiger partial charge in [-0.15, -0.1) is 6.42 Å². The highest BCUT2D eigenvalue weighted by Crippen LogP contribution is 1.99. The fourth-order valence-electron chi connectivity index (χ4n) is 0.766. The van der Waals surface area contributed by atoms with Crippen molar-refractivity contribution in [1.82, 2.24) is 0 Å². The fraction of sp³-hybridized carbons (Fsp3) is 0. The van der Waals surface area contributed by atoms with Gasteiger partial charge in [0.25, 0.3) is 0 Å². The molecule has 0 saturated heterocycles. The average molecular weight is 145 g/mol. The van der Waals surface area contributed by atoms with Gasteiger partial charge in [0.2, 0.25) is 0 Å². The Morgan fingerprint density at radius 2 is 2.00 bits per heavy atom. The van der Waals surface area contributed by atoms with Crippen molar-refractivity contribution in [2.45, 2.75) is 0 Å². The molecule has 1 aromatic carbocycles. The number of hydrogen-bond donors (Lipinski definition) is 1. The van der Waals surface area contributed by atoms with Crippen LogP contribution in [-0.4, -0.2) is 10.9 Å². The first-order chi connectivity index (χ1) is 5.38. The molecule has 0 spiro atoms. The van der Waals surface area contributed by atoms with E-state index >= 15 is 0 Å². The van der Waals surface area contributed by atoms with Crippen LogP contribution in [0.25, 0.3) is 0 Å². The van der Waals surface area contributed by atoms with Crippen molar-refractivity contribution >= 4 is 5.71 Å². The number of oxime groups is 1. The summed E-state index contributed by atoms with van der Waals surface area (Å²) < 4.78 is 0. The fourth-order valence-corrected chi connectivity index (χ4v) is 0.766. The third-order valence-corrected chi connectivity index (χ3v) is 1.28. The Kier molecular flexibility index (Phi) is 2.29. The molecule has 0 atom stereocenters. The third kappa shape index (κ3) is 1.59. The number of terminal acetylenes is 1. The predicted molar refractivity (Wildman–Crippen MR) is 43.6 cm³/mol. The van der Waals surface area contributed by atoms with Crippen molar-refractivity contribution in [2.24, 2.45) is 5.16 Å². The quantitative estimate of drug-likeness (QED) is 0.276. The Labute approximate surface area is 65.2 Å². The molecule has 0 fully saturated rings. The molecule has 54 valence electrons. The van der Waals surface area contributed by atoms with Gasteiger partial charge >= 0.3 is 0 Å². The van der Waals surface area contributed by atoms with Crippen molar-refractivity contribution in [1.29, 1.82) is 0 Å². The van der Waals surface area contributed by atoms with Crippen LogP contribution < -0.4 is 0 Å². The SMILES string of the molecule is C#CC(=NO)c1ccccc1. The molecule has 0 amide bonds. The molecule has 0 aliphatic heterocycles. The second kappa shape index (κ2) is 3.43. The van der Waals surface area contributed by atoms with Crippen LogP contribution in [0.5, 0.6) is 0 Å². The molecule has 1 N–H and O–H groups in total. The van der Waals surface area contributed by atoms with Crippen molar-refractivity contribution < 1.29 is 5.21 Å². The number of rotatable bonds is 1. The minimum atomic E-state index is 0.255. The summed E-state index contributed by atoms with van der Waals surface area (Å²) in [5.74, 6) is 2.27. The zero-order valence-electron chi connectivity index (χ0n) is 5.86. The molecule has 0 saturated carbocycles. The third-order valence-electron chi connectivity index (χ3n) is 1.28. The van der Waals surface area contributed by atoms with Crippen LogP contribution in [0.15, 0.2) is 35.5 Å². The van der Waals surface area contributed by atoms with Crippen LogP contribution in [0, 0.1) is 12.3 Å².